The summed E-state index contributed by atoms with van der Waals surface area (Å²) in [5.74, 6) is 1.54. The van der Waals surface area contributed by atoms with Gasteiger partial charge in [0, 0.05) is 6.54 Å². The lowest BCUT2D eigenvalue weighted by Gasteiger charge is -2.31. The summed E-state index contributed by atoms with van der Waals surface area (Å²) in [6.45, 7) is 6.57. The van der Waals surface area contributed by atoms with Crippen molar-refractivity contribution in [3.8, 4) is 0 Å². The highest BCUT2D eigenvalue weighted by molar-refractivity contribution is 6.07. The molecule has 1 aliphatic rings. The number of amides is 1. The number of aryl methyl sites for hydroxylation is 4. The predicted octanol–water partition coefficient (Wildman–Crippen LogP) is 3.80. The Bertz CT molecular complexity index is 670. The molecule has 1 amide bonds. The Labute approximate surface area is 119 Å². The molecule has 0 bridgehead atoms. The van der Waals surface area contributed by atoms with Crippen LogP contribution in [0.4, 0.5) is 5.69 Å². The maximum Gasteiger partial charge on any atom is 0.261 e. The molecule has 0 N–H and O–H groups in total. The van der Waals surface area contributed by atoms with Crippen LogP contribution in [0.3, 0.4) is 0 Å². The van der Waals surface area contributed by atoms with Gasteiger partial charge < -0.3 is 9.32 Å². The maximum atomic E-state index is 12.8. The number of hydrogen-bond donors (Lipinski definition) is 0. The average Bonchev–Trinajstić information content (AvgIpc) is 2.77. The summed E-state index contributed by atoms with van der Waals surface area (Å²) < 4.78 is 5.50. The van der Waals surface area contributed by atoms with Crippen molar-refractivity contribution in [2.75, 3.05) is 11.4 Å². The van der Waals surface area contributed by atoms with Crippen molar-refractivity contribution >= 4 is 11.6 Å². The SMILES string of the molecule is Cc1cc(C(=O)N2CCCc3cccc(C)c32)c(C)o1. The highest BCUT2D eigenvalue weighted by Crippen LogP contribution is 2.32. The van der Waals surface area contributed by atoms with Gasteiger partial charge in [-0.25, -0.2) is 0 Å². The highest BCUT2D eigenvalue weighted by atomic mass is 16.3. The number of furan rings is 1. The van der Waals surface area contributed by atoms with E-state index >= 15 is 0 Å². The monoisotopic (exact) mass is 269 g/mol. The molecule has 0 saturated carbocycles. The zero-order valence-electron chi connectivity index (χ0n) is 12.2. The Morgan fingerprint density at radius 3 is 2.75 bits per heavy atom. The third kappa shape index (κ3) is 2.03. The third-order valence-electron chi connectivity index (χ3n) is 3.94. The average molecular weight is 269 g/mol. The van der Waals surface area contributed by atoms with Crippen LogP contribution in [0.15, 0.2) is 28.7 Å². The van der Waals surface area contributed by atoms with Crippen LogP contribution in [0.25, 0.3) is 0 Å². The standard InChI is InChI=1S/C17H19NO2/c1-11-6-4-7-14-8-5-9-18(16(11)14)17(19)15-10-12(2)20-13(15)3/h4,6-7,10H,5,8-9H2,1-3H3. The van der Waals surface area contributed by atoms with Crippen LogP contribution in [0, 0.1) is 20.8 Å². The summed E-state index contributed by atoms with van der Waals surface area (Å²) in [4.78, 5) is 14.7. The van der Waals surface area contributed by atoms with Crippen LogP contribution in [-0.4, -0.2) is 12.5 Å². The minimum atomic E-state index is 0.0506. The summed E-state index contributed by atoms with van der Waals surface area (Å²) in [5, 5.41) is 0. The summed E-state index contributed by atoms with van der Waals surface area (Å²) in [6, 6.07) is 8.09. The molecule has 3 rings (SSSR count). The van der Waals surface area contributed by atoms with Crippen molar-refractivity contribution in [2.45, 2.75) is 33.6 Å². The van der Waals surface area contributed by atoms with E-state index in [1.165, 1.54) is 5.56 Å². The molecule has 104 valence electrons. The quantitative estimate of drug-likeness (QED) is 0.789. The highest BCUT2D eigenvalue weighted by Gasteiger charge is 2.27. The van der Waals surface area contributed by atoms with Gasteiger partial charge in [0.25, 0.3) is 5.91 Å². The van der Waals surface area contributed by atoms with Crippen LogP contribution in [-0.2, 0) is 6.42 Å². The maximum absolute atomic E-state index is 12.8. The van der Waals surface area contributed by atoms with Crippen molar-refractivity contribution in [2.24, 2.45) is 0 Å². The number of fused-ring (bicyclic) bond motifs is 1. The lowest BCUT2D eigenvalue weighted by molar-refractivity contribution is 0.0983. The Hall–Kier alpha value is -2.03. The van der Waals surface area contributed by atoms with E-state index < -0.39 is 0 Å². The van der Waals surface area contributed by atoms with Crippen molar-refractivity contribution in [3.63, 3.8) is 0 Å². The zero-order chi connectivity index (χ0) is 14.3. The van der Waals surface area contributed by atoms with E-state index in [0.29, 0.717) is 11.3 Å². The largest absolute Gasteiger partial charge is 0.466 e. The topological polar surface area (TPSA) is 33.5 Å². The third-order valence-corrected chi connectivity index (χ3v) is 3.94. The molecule has 1 aromatic carbocycles. The molecular weight excluding hydrogens is 250 g/mol. The second-order valence-electron chi connectivity index (χ2n) is 5.47. The summed E-state index contributed by atoms with van der Waals surface area (Å²) in [6.07, 6.45) is 2.06. The van der Waals surface area contributed by atoms with E-state index in [1.54, 1.807) is 0 Å². The number of benzene rings is 1. The van der Waals surface area contributed by atoms with Crippen molar-refractivity contribution in [3.05, 3.63) is 52.5 Å². The first-order chi connectivity index (χ1) is 9.58. The first-order valence-corrected chi connectivity index (χ1v) is 7.05. The molecule has 0 aliphatic carbocycles. The molecule has 0 atom stereocenters. The van der Waals surface area contributed by atoms with Gasteiger partial charge in [-0.3, -0.25) is 4.79 Å². The minimum absolute atomic E-state index is 0.0506. The summed E-state index contributed by atoms with van der Waals surface area (Å²) >= 11 is 0. The molecule has 2 heterocycles. The lowest BCUT2D eigenvalue weighted by atomic mass is 9.97. The van der Waals surface area contributed by atoms with Crippen molar-refractivity contribution in [1.82, 2.24) is 0 Å². The lowest BCUT2D eigenvalue weighted by Crippen LogP contribution is -2.36. The zero-order valence-corrected chi connectivity index (χ0v) is 12.2. The van der Waals surface area contributed by atoms with Crippen LogP contribution >= 0.6 is 0 Å². The van der Waals surface area contributed by atoms with E-state index in [0.717, 1.165) is 36.4 Å². The van der Waals surface area contributed by atoms with Crippen molar-refractivity contribution < 1.29 is 9.21 Å². The van der Waals surface area contributed by atoms with Crippen LogP contribution in [0.5, 0.6) is 0 Å². The van der Waals surface area contributed by atoms with Gasteiger partial charge in [-0.2, -0.15) is 0 Å². The van der Waals surface area contributed by atoms with Gasteiger partial charge in [0.05, 0.1) is 11.3 Å². The van der Waals surface area contributed by atoms with Gasteiger partial charge in [-0.05, 0) is 50.8 Å². The molecular formula is C17H19NO2. The van der Waals surface area contributed by atoms with E-state index in [4.69, 9.17) is 4.42 Å². The number of para-hydroxylation sites is 1. The molecule has 2 aromatic rings. The molecule has 0 radical (unpaired) electrons. The molecule has 0 fully saturated rings. The van der Waals surface area contributed by atoms with E-state index in [2.05, 4.69) is 25.1 Å². The second kappa shape index (κ2) is 4.82. The fourth-order valence-corrected chi connectivity index (χ4v) is 3.04. The summed E-state index contributed by atoms with van der Waals surface area (Å²) in [5.41, 5.74) is 4.19. The van der Waals surface area contributed by atoms with Gasteiger partial charge in [-0.1, -0.05) is 18.2 Å². The Balaban J connectivity index is 2.05. The van der Waals surface area contributed by atoms with E-state index in [1.807, 2.05) is 24.8 Å². The molecule has 20 heavy (non-hydrogen) atoms. The first-order valence-electron chi connectivity index (χ1n) is 7.05. The number of hydrogen-bond acceptors (Lipinski definition) is 2. The van der Waals surface area contributed by atoms with E-state index in [9.17, 15) is 4.79 Å². The molecule has 1 aliphatic heterocycles. The van der Waals surface area contributed by atoms with Gasteiger partial charge >= 0.3 is 0 Å². The van der Waals surface area contributed by atoms with Gasteiger partial charge in [0.15, 0.2) is 0 Å². The van der Waals surface area contributed by atoms with Gasteiger partial charge in [0.1, 0.15) is 11.5 Å². The predicted molar refractivity (Wildman–Crippen MR) is 79.4 cm³/mol. The number of carbonyl (C=O) groups is 1. The molecule has 0 spiro atoms. The molecule has 3 nitrogen and oxygen atoms in total. The minimum Gasteiger partial charge on any atom is -0.466 e. The Morgan fingerprint density at radius 1 is 1.25 bits per heavy atom. The molecule has 0 unspecified atom stereocenters. The number of nitrogens with zero attached hydrogens (tertiary/aromatic N) is 1. The fourth-order valence-electron chi connectivity index (χ4n) is 3.04. The fraction of sp³-hybridized carbons (Fsp3) is 0.353. The van der Waals surface area contributed by atoms with Gasteiger partial charge in [-0.15, -0.1) is 0 Å². The Kier molecular flexibility index (Phi) is 3.13. The first kappa shape index (κ1) is 13.0. The second-order valence-corrected chi connectivity index (χ2v) is 5.47. The Morgan fingerprint density at radius 2 is 2.05 bits per heavy atom. The number of rotatable bonds is 1. The number of anilines is 1. The van der Waals surface area contributed by atoms with Crippen LogP contribution < -0.4 is 4.90 Å². The molecule has 0 saturated heterocycles. The van der Waals surface area contributed by atoms with Gasteiger partial charge in [0.2, 0.25) is 0 Å². The number of carbonyl (C=O) groups excluding carboxylic acids is 1. The van der Waals surface area contributed by atoms with E-state index in [-0.39, 0.29) is 5.91 Å². The molecule has 3 heteroatoms. The summed E-state index contributed by atoms with van der Waals surface area (Å²) in [7, 11) is 0. The molecule has 1 aromatic heterocycles. The van der Waals surface area contributed by atoms with Crippen LogP contribution in [0.2, 0.25) is 0 Å². The smallest absolute Gasteiger partial charge is 0.261 e. The van der Waals surface area contributed by atoms with Crippen molar-refractivity contribution in [1.29, 1.82) is 0 Å². The van der Waals surface area contributed by atoms with Crippen LogP contribution in [0.1, 0.15) is 39.4 Å². The normalized spacial score (nSPS) is 14.2.